The maximum absolute atomic E-state index is 12.3. The van der Waals surface area contributed by atoms with E-state index in [0.29, 0.717) is 17.3 Å². The molecular formula is C23H19BrN6O. The smallest absolute Gasteiger partial charge is 0.323 e. The first-order valence-electron chi connectivity index (χ1n) is 9.51. The number of aromatic nitrogens is 3. The van der Waals surface area contributed by atoms with Crippen LogP contribution >= 0.6 is 15.9 Å². The van der Waals surface area contributed by atoms with E-state index in [1.807, 2.05) is 67.6 Å². The van der Waals surface area contributed by atoms with Crippen molar-refractivity contribution in [2.75, 3.05) is 16.0 Å². The summed E-state index contributed by atoms with van der Waals surface area (Å²) in [6.07, 6.45) is 5.17. The van der Waals surface area contributed by atoms with Gasteiger partial charge in [0, 0.05) is 45.7 Å². The summed E-state index contributed by atoms with van der Waals surface area (Å²) >= 11 is 3.38. The van der Waals surface area contributed by atoms with E-state index in [1.54, 1.807) is 18.6 Å². The molecule has 0 bridgehead atoms. The van der Waals surface area contributed by atoms with Gasteiger partial charge in [0.25, 0.3) is 0 Å². The lowest BCUT2D eigenvalue weighted by Crippen LogP contribution is -2.19. The number of carbonyl (C=O) groups is 1. The molecule has 4 rings (SSSR count). The van der Waals surface area contributed by atoms with Crippen molar-refractivity contribution in [1.29, 1.82) is 0 Å². The molecule has 0 aliphatic rings. The van der Waals surface area contributed by atoms with Crippen molar-refractivity contribution in [3.8, 4) is 11.3 Å². The van der Waals surface area contributed by atoms with Gasteiger partial charge in [0.15, 0.2) is 0 Å². The van der Waals surface area contributed by atoms with Gasteiger partial charge in [-0.15, -0.1) is 0 Å². The molecule has 31 heavy (non-hydrogen) atoms. The Morgan fingerprint density at radius 3 is 2.48 bits per heavy atom. The van der Waals surface area contributed by atoms with E-state index in [4.69, 9.17) is 0 Å². The second kappa shape index (κ2) is 9.36. The number of nitrogens with one attached hydrogen (secondary N) is 3. The summed E-state index contributed by atoms with van der Waals surface area (Å²) < 4.78 is 0.947. The van der Waals surface area contributed by atoms with Gasteiger partial charge < -0.3 is 16.0 Å². The normalized spacial score (nSPS) is 10.4. The monoisotopic (exact) mass is 474 g/mol. The van der Waals surface area contributed by atoms with Crippen LogP contribution in [0.2, 0.25) is 0 Å². The third-order valence-corrected chi connectivity index (χ3v) is 4.99. The quantitative estimate of drug-likeness (QED) is 0.330. The molecule has 4 aromatic rings. The van der Waals surface area contributed by atoms with Gasteiger partial charge in [0.2, 0.25) is 5.95 Å². The molecule has 154 valence electrons. The number of hydrogen-bond acceptors (Lipinski definition) is 5. The lowest BCUT2D eigenvalue weighted by Gasteiger charge is -2.12. The molecule has 0 spiro atoms. The Hall–Kier alpha value is -3.78. The average Bonchev–Trinajstić information content (AvgIpc) is 2.78. The molecule has 2 aromatic carbocycles. The van der Waals surface area contributed by atoms with Crippen LogP contribution in [0.3, 0.4) is 0 Å². The zero-order chi connectivity index (χ0) is 21.6. The number of hydrogen-bond donors (Lipinski definition) is 3. The number of aryl methyl sites for hydroxylation is 1. The van der Waals surface area contributed by atoms with Crippen LogP contribution in [0.25, 0.3) is 11.3 Å². The molecule has 7 nitrogen and oxygen atoms in total. The Morgan fingerprint density at radius 1 is 0.935 bits per heavy atom. The van der Waals surface area contributed by atoms with E-state index in [1.165, 1.54) is 0 Å². The van der Waals surface area contributed by atoms with Gasteiger partial charge in [-0.25, -0.2) is 14.8 Å². The molecule has 0 radical (unpaired) electrons. The SMILES string of the molecule is Cc1ccc(NC(=O)Nc2ccc(Br)cc2)cc1Nc1nccc(-c2cccnc2)n1. The molecule has 0 aliphatic carbocycles. The Balaban J connectivity index is 1.48. The van der Waals surface area contributed by atoms with Crippen LogP contribution in [0.1, 0.15) is 5.56 Å². The fraction of sp³-hybridized carbons (Fsp3) is 0.0435. The highest BCUT2D eigenvalue weighted by Crippen LogP contribution is 2.24. The van der Waals surface area contributed by atoms with Gasteiger partial charge in [-0.05, 0) is 67.1 Å². The number of anilines is 4. The van der Waals surface area contributed by atoms with Gasteiger partial charge in [-0.2, -0.15) is 0 Å². The first-order chi connectivity index (χ1) is 15.1. The Kier molecular flexibility index (Phi) is 6.18. The summed E-state index contributed by atoms with van der Waals surface area (Å²) in [5.74, 6) is 0.459. The van der Waals surface area contributed by atoms with E-state index in [-0.39, 0.29) is 6.03 Å². The van der Waals surface area contributed by atoms with Crippen molar-refractivity contribution in [1.82, 2.24) is 15.0 Å². The van der Waals surface area contributed by atoms with Gasteiger partial charge in [-0.1, -0.05) is 22.0 Å². The average molecular weight is 475 g/mol. The Labute approximate surface area is 188 Å². The van der Waals surface area contributed by atoms with Crippen molar-refractivity contribution in [2.45, 2.75) is 6.92 Å². The van der Waals surface area contributed by atoms with Gasteiger partial charge >= 0.3 is 6.03 Å². The topological polar surface area (TPSA) is 91.8 Å². The summed E-state index contributed by atoms with van der Waals surface area (Å²) in [4.78, 5) is 25.3. The van der Waals surface area contributed by atoms with E-state index in [0.717, 1.165) is 27.0 Å². The highest BCUT2D eigenvalue weighted by molar-refractivity contribution is 9.10. The second-order valence-electron chi connectivity index (χ2n) is 6.75. The van der Waals surface area contributed by atoms with Crippen LogP contribution in [0.5, 0.6) is 0 Å². The number of carbonyl (C=O) groups excluding carboxylic acids is 1. The fourth-order valence-electron chi connectivity index (χ4n) is 2.88. The van der Waals surface area contributed by atoms with Crippen molar-refractivity contribution >= 4 is 45.0 Å². The molecule has 0 atom stereocenters. The minimum absolute atomic E-state index is 0.327. The number of pyridine rings is 1. The van der Waals surface area contributed by atoms with Gasteiger partial charge in [-0.3, -0.25) is 4.98 Å². The number of benzene rings is 2. The standard InChI is InChI=1S/C23H19BrN6O/c1-15-4-7-19(28-23(31)27-18-8-5-17(24)6-9-18)13-21(15)30-22-26-12-10-20(29-22)16-3-2-11-25-14-16/h2-14H,1H3,(H,26,29,30)(H2,27,28,31). The van der Waals surface area contributed by atoms with Crippen LogP contribution in [0.15, 0.2) is 83.7 Å². The Bertz CT molecular complexity index is 1200. The molecular weight excluding hydrogens is 456 g/mol. The minimum atomic E-state index is -0.327. The summed E-state index contributed by atoms with van der Waals surface area (Å²) in [5.41, 5.74) is 4.81. The molecule has 0 saturated carbocycles. The molecule has 2 amide bonds. The second-order valence-corrected chi connectivity index (χ2v) is 7.66. The van der Waals surface area contributed by atoms with Crippen molar-refractivity contribution in [3.05, 3.63) is 89.3 Å². The largest absolute Gasteiger partial charge is 0.324 e. The molecule has 8 heteroatoms. The molecule has 0 aliphatic heterocycles. The first kappa shape index (κ1) is 20.5. The highest BCUT2D eigenvalue weighted by Gasteiger charge is 2.08. The first-order valence-corrected chi connectivity index (χ1v) is 10.3. The fourth-order valence-corrected chi connectivity index (χ4v) is 3.14. The van der Waals surface area contributed by atoms with Crippen LogP contribution in [-0.4, -0.2) is 21.0 Å². The number of amides is 2. The molecule has 2 aromatic heterocycles. The Morgan fingerprint density at radius 2 is 1.71 bits per heavy atom. The minimum Gasteiger partial charge on any atom is -0.324 e. The molecule has 0 unspecified atom stereocenters. The molecule has 0 saturated heterocycles. The van der Waals surface area contributed by atoms with E-state index < -0.39 is 0 Å². The summed E-state index contributed by atoms with van der Waals surface area (Å²) in [6.45, 7) is 1.97. The number of urea groups is 1. The van der Waals surface area contributed by atoms with Crippen LogP contribution in [-0.2, 0) is 0 Å². The lowest BCUT2D eigenvalue weighted by molar-refractivity contribution is 0.262. The van der Waals surface area contributed by atoms with E-state index in [2.05, 4.69) is 46.8 Å². The molecule has 3 N–H and O–H groups in total. The summed E-state index contributed by atoms with van der Waals surface area (Å²) in [7, 11) is 0. The maximum Gasteiger partial charge on any atom is 0.323 e. The van der Waals surface area contributed by atoms with Gasteiger partial charge in [0.05, 0.1) is 5.69 Å². The third kappa shape index (κ3) is 5.43. The van der Waals surface area contributed by atoms with E-state index >= 15 is 0 Å². The predicted molar refractivity (Wildman–Crippen MR) is 127 cm³/mol. The van der Waals surface area contributed by atoms with Crippen molar-refractivity contribution < 1.29 is 4.79 Å². The van der Waals surface area contributed by atoms with Crippen LogP contribution in [0.4, 0.5) is 27.8 Å². The lowest BCUT2D eigenvalue weighted by atomic mass is 10.2. The highest BCUT2D eigenvalue weighted by atomic mass is 79.9. The maximum atomic E-state index is 12.3. The predicted octanol–water partition coefficient (Wildman–Crippen LogP) is 6.00. The number of halogens is 1. The third-order valence-electron chi connectivity index (χ3n) is 4.46. The summed E-state index contributed by atoms with van der Waals surface area (Å²) in [5, 5.41) is 8.88. The van der Waals surface area contributed by atoms with Crippen LogP contribution in [0, 0.1) is 6.92 Å². The van der Waals surface area contributed by atoms with Crippen molar-refractivity contribution in [2.24, 2.45) is 0 Å². The molecule has 0 fully saturated rings. The van der Waals surface area contributed by atoms with Crippen molar-refractivity contribution in [3.63, 3.8) is 0 Å². The van der Waals surface area contributed by atoms with E-state index in [9.17, 15) is 4.79 Å². The van der Waals surface area contributed by atoms with Gasteiger partial charge in [0.1, 0.15) is 0 Å². The molecule has 2 heterocycles. The summed E-state index contributed by atoms with van der Waals surface area (Å²) in [6, 6.07) is 18.3. The number of nitrogens with zero attached hydrogens (tertiary/aromatic N) is 3. The number of rotatable bonds is 5. The van der Waals surface area contributed by atoms with Crippen LogP contribution < -0.4 is 16.0 Å². The zero-order valence-electron chi connectivity index (χ0n) is 16.6. The zero-order valence-corrected chi connectivity index (χ0v) is 18.2.